The van der Waals surface area contributed by atoms with E-state index in [1.165, 1.54) is 12.8 Å². The normalized spacial score (nSPS) is 15.5. The Balaban J connectivity index is 1.24. The molecule has 5 rings (SSSR count). The molecule has 166 valence electrons. The molecule has 1 aliphatic rings. The lowest BCUT2D eigenvalue weighted by molar-refractivity contribution is 0.183. The van der Waals surface area contributed by atoms with Crippen molar-refractivity contribution in [2.24, 2.45) is 5.92 Å². The lowest BCUT2D eigenvalue weighted by atomic mass is 9.93. The van der Waals surface area contributed by atoms with Crippen LogP contribution in [0.2, 0.25) is 0 Å². The maximum absolute atomic E-state index is 9.31. The Hall–Kier alpha value is -3.03. The van der Waals surface area contributed by atoms with E-state index in [0.29, 0.717) is 18.2 Å². The molecule has 1 saturated heterocycles. The van der Waals surface area contributed by atoms with Gasteiger partial charge in [-0.3, -0.25) is 4.98 Å². The average molecular weight is 432 g/mol. The first-order valence-electron chi connectivity index (χ1n) is 11.4. The molecule has 4 aromatic rings. The molecule has 0 spiro atoms. The summed E-state index contributed by atoms with van der Waals surface area (Å²) in [4.78, 5) is 16.5. The first kappa shape index (κ1) is 20.8. The maximum Gasteiger partial charge on any atom is 0.160 e. The Labute approximate surface area is 187 Å². The van der Waals surface area contributed by atoms with Crippen LogP contribution in [0.3, 0.4) is 0 Å². The van der Waals surface area contributed by atoms with Gasteiger partial charge in [0, 0.05) is 37.5 Å². The maximum atomic E-state index is 9.31. The first-order valence-corrected chi connectivity index (χ1v) is 11.4. The van der Waals surface area contributed by atoms with Gasteiger partial charge in [0.25, 0.3) is 0 Å². The van der Waals surface area contributed by atoms with Crippen LogP contribution in [-0.2, 0) is 26.0 Å². The van der Waals surface area contributed by atoms with Gasteiger partial charge in [-0.05, 0) is 68.2 Å². The molecule has 0 saturated carbocycles. The highest BCUT2D eigenvalue weighted by molar-refractivity contribution is 5.71. The molecule has 1 aliphatic heterocycles. The summed E-state index contributed by atoms with van der Waals surface area (Å²) in [5.74, 6) is 3.07. The molecular weight excluding hydrogens is 402 g/mol. The third kappa shape index (κ3) is 4.74. The molecule has 1 N–H and O–H groups in total. The van der Waals surface area contributed by atoms with Crippen molar-refractivity contribution >= 4 is 11.2 Å². The zero-order valence-corrected chi connectivity index (χ0v) is 18.2. The molecule has 0 aliphatic carbocycles. The van der Waals surface area contributed by atoms with Gasteiger partial charge in [-0.2, -0.15) is 0 Å². The molecule has 4 aromatic heterocycles. The van der Waals surface area contributed by atoms with Gasteiger partial charge in [0.15, 0.2) is 5.65 Å². The Bertz CT molecular complexity index is 1150. The summed E-state index contributed by atoms with van der Waals surface area (Å²) in [6.45, 7) is 3.79. The molecule has 0 atom stereocenters. The summed E-state index contributed by atoms with van der Waals surface area (Å²) in [6, 6.07) is 13.8. The number of aliphatic hydroxyl groups is 1. The van der Waals surface area contributed by atoms with Crippen molar-refractivity contribution in [1.29, 1.82) is 0 Å². The summed E-state index contributed by atoms with van der Waals surface area (Å²) < 4.78 is 7.91. The van der Waals surface area contributed by atoms with E-state index in [4.69, 9.17) is 9.40 Å². The molecule has 1 fully saturated rings. The molecule has 0 amide bonds. The number of hydrogen-bond donors (Lipinski definition) is 1. The average Bonchev–Trinajstić information content (AvgIpc) is 3.44. The number of likely N-dealkylation sites (tertiary alicyclic amines) is 1. The monoisotopic (exact) mass is 431 g/mol. The fourth-order valence-corrected chi connectivity index (χ4v) is 4.57. The number of imidazole rings is 1. The number of rotatable bonds is 8. The summed E-state index contributed by atoms with van der Waals surface area (Å²) in [5, 5.41) is 9.31. The van der Waals surface area contributed by atoms with Crippen LogP contribution in [0.5, 0.6) is 0 Å². The van der Waals surface area contributed by atoms with Crippen LogP contribution in [0.4, 0.5) is 0 Å². The fourth-order valence-electron chi connectivity index (χ4n) is 4.57. The topological polar surface area (TPSA) is 80.2 Å². The van der Waals surface area contributed by atoms with Crippen LogP contribution in [0, 0.1) is 5.92 Å². The zero-order chi connectivity index (χ0) is 21.8. The van der Waals surface area contributed by atoms with Gasteiger partial charge >= 0.3 is 0 Å². The Kier molecular flexibility index (Phi) is 6.27. The van der Waals surface area contributed by atoms with Gasteiger partial charge < -0.3 is 19.0 Å². The minimum atomic E-state index is -0.0886. The van der Waals surface area contributed by atoms with E-state index < -0.39 is 0 Å². The van der Waals surface area contributed by atoms with Crippen molar-refractivity contribution < 1.29 is 9.52 Å². The first-order chi connectivity index (χ1) is 15.8. The molecule has 0 unspecified atom stereocenters. The third-order valence-corrected chi connectivity index (χ3v) is 6.36. The van der Waals surface area contributed by atoms with Crippen LogP contribution >= 0.6 is 0 Å². The zero-order valence-electron chi connectivity index (χ0n) is 18.2. The second kappa shape index (κ2) is 9.63. The number of piperidine rings is 1. The number of hydrogen-bond acceptors (Lipinski definition) is 6. The van der Waals surface area contributed by atoms with Crippen molar-refractivity contribution in [3.8, 4) is 0 Å². The molecule has 7 nitrogen and oxygen atoms in total. The van der Waals surface area contributed by atoms with Crippen molar-refractivity contribution in [2.45, 2.75) is 38.8 Å². The van der Waals surface area contributed by atoms with Gasteiger partial charge in [0.05, 0.1) is 6.54 Å². The number of aromatic nitrogens is 4. The van der Waals surface area contributed by atoms with Crippen molar-refractivity contribution in [2.75, 3.05) is 19.6 Å². The SMILES string of the molecule is OCc1ccc(Cn2c(CC3CCN(CCc4ccccn4)CC3)nc3cccnc32)o1. The van der Waals surface area contributed by atoms with Crippen LogP contribution in [-0.4, -0.2) is 49.2 Å². The summed E-state index contributed by atoms with van der Waals surface area (Å²) in [5.41, 5.74) is 2.97. The quantitative estimate of drug-likeness (QED) is 0.460. The highest BCUT2D eigenvalue weighted by atomic mass is 16.4. The molecule has 32 heavy (non-hydrogen) atoms. The fraction of sp³-hybridized carbons (Fsp3) is 0.400. The van der Waals surface area contributed by atoms with Gasteiger partial charge in [0.1, 0.15) is 29.5 Å². The molecule has 0 aromatic carbocycles. The predicted molar refractivity (Wildman–Crippen MR) is 122 cm³/mol. The van der Waals surface area contributed by atoms with E-state index in [9.17, 15) is 5.11 Å². The molecular formula is C25H29N5O2. The third-order valence-electron chi connectivity index (χ3n) is 6.36. The number of pyridine rings is 2. The lowest BCUT2D eigenvalue weighted by Gasteiger charge is -2.31. The van der Waals surface area contributed by atoms with Crippen molar-refractivity contribution in [1.82, 2.24) is 24.4 Å². The minimum absolute atomic E-state index is 0.0886. The summed E-state index contributed by atoms with van der Waals surface area (Å²) >= 11 is 0. The van der Waals surface area contributed by atoms with Gasteiger partial charge in [-0.15, -0.1) is 0 Å². The highest BCUT2D eigenvalue weighted by Crippen LogP contribution is 2.25. The van der Waals surface area contributed by atoms with Crippen LogP contribution < -0.4 is 0 Å². The van der Waals surface area contributed by atoms with Gasteiger partial charge in [-0.25, -0.2) is 9.97 Å². The molecule has 5 heterocycles. The Morgan fingerprint density at radius 3 is 2.59 bits per heavy atom. The molecule has 7 heteroatoms. The van der Waals surface area contributed by atoms with E-state index >= 15 is 0 Å². The van der Waals surface area contributed by atoms with Crippen molar-refractivity contribution in [3.05, 3.63) is 77.9 Å². The van der Waals surface area contributed by atoms with Crippen molar-refractivity contribution in [3.63, 3.8) is 0 Å². The Morgan fingerprint density at radius 2 is 1.81 bits per heavy atom. The van der Waals surface area contributed by atoms with Gasteiger partial charge in [0.2, 0.25) is 0 Å². The minimum Gasteiger partial charge on any atom is -0.462 e. The largest absolute Gasteiger partial charge is 0.462 e. The highest BCUT2D eigenvalue weighted by Gasteiger charge is 2.23. The standard InChI is InChI=1S/C25H29N5O2/c31-18-22-7-6-21(32-22)17-30-24(28-23-5-3-12-27-25(23)30)16-19-8-13-29(14-9-19)15-10-20-4-1-2-11-26-20/h1-7,11-12,19,31H,8-10,13-18H2. The predicted octanol–water partition coefficient (Wildman–Crippen LogP) is 3.46. The number of nitrogens with zero attached hydrogens (tertiary/aromatic N) is 5. The second-order valence-electron chi connectivity index (χ2n) is 8.55. The molecule has 0 radical (unpaired) electrons. The second-order valence-corrected chi connectivity index (χ2v) is 8.55. The van der Waals surface area contributed by atoms with Crippen LogP contribution in [0.15, 0.2) is 59.3 Å². The van der Waals surface area contributed by atoms with E-state index in [1.807, 2.05) is 42.7 Å². The Morgan fingerprint density at radius 1 is 0.969 bits per heavy atom. The molecule has 0 bridgehead atoms. The van der Waals surface area contributed by atoms with E-state index in [1.54, 1.807) is 0 Å². The van der Waals surface area contributed by atoms with E-state index in [2.05, 4.69) is 31.6 Å². The van der Waals surface area contributed by atoms with Crippen LogP contribution in [0.25, 0.3) is 11.2 Å². The van der Waals surface area contributed by atoms with Crippen LogP contribution in [0.1, 0.15) is 35.9 Å². The number of fused-ring (bicyclic) bond motifs is 1. The number of furan rings is 1. The smallest absolute Gasteiger partial charge is 0.160 e. The summed E-state index contributed by atoms with van der Waals surface area (Å²) in [7, 11) is 0. The van der Waals surface area contributed by atoms with E-state index in [0.717, 1.165) is 60.9 Å². The van der Waals surface area contributed by atoms with E-state index in [-0.39, 0.29) is 6.61 Å². The number of aliphatic hydroxyl groups excluding tert-OH is 1. The van der Waals surface area contributed by atoms with Gasteiger partial charge in [-0.1, -0.05) is 6.07 Å². The lowest BCUT2D eigenvalue weighted by Crippen LogP contribution is -2.36. The summed E-state index contributed by atoms with van der Waals surface area (Å²) in [6.07, 6.45) is 7.98.